The minimum Gasteiger partial charge on any atom is -0.339 e. The lowest BCUT2D eigenvalue weighted by Gasteiger charge is -2.40. The Morgan fingerprint density at radius 1 is 1.12 bits per heavy atom. The Kier molecular flexibility index (Phi) is 3.76. The van der Waals surface area contributed by atoms with Gasteiger partial charge in [-0.25, -0.2) is 0 Å². The molecule has 0 bridgehead atoms. The first-order chi connectivity index (χ1) is 8.00. The minimum absolute atomic E-state index is 0.150. The van der Waals surface area contributed by atoms with Gasteiger partial charge in [-0.15, -0.1) is 0 Å². The zero-order chi connectivity index (χ0) is 12.6. The molecule has 0 unspecified atom stereocenters. The summed E-state index contributed by atoms with van der Waals surface area (Å²) in [5.41, 5.74) is 0. The molecule has 2 saturated heterocycles. The third-order valence-corrected chi connectivity index (χ3v) is 4.37. The summed E-state index contributed by atoms with van der Waals surface area (Å²) >= 11 is 0. The Bertz CT molecular complexity index is 288. The van der Waals surface area contributed by atoms with Crippen molar-refractivity contribution in [1.82, 2.24) is 9.80 Å². The van der Waals surface area contributed by atoms with E-state index in [4.69, 9.17) is 0 Å². The SMILES string of the molecule is CC(C)C(=O)N1CC[C@@H]2CN(C(C)C)CC[C@@H]21. The number of carbonyl (C=O) groups is 1. The molecule has 2 aliphatic rings. The highest BCUT2D eigenvalue weighted by atomic mass is 16.2. The first kappa shape index (κ1) is 12.9. The lowest BCUT2D eigenvalue weighted by Crippen LogP contribution is -2.50. The Hall–Kier alpha value is -0.570. The molecule has 0 radical (unpaired) electrons. The van der Waals surface area contributed by atoms with Crippen molar-refractivity contribution in [2.75, 3.05) is 19.6 Å². The number of hydrogen-bond acceptors (Lipinski definition) is 2. The van der Waals surface area contributed by atoms with E-state index in [1.165, 1.54) is 19.4 Å². The van der Waals surface area contributed by atoms with Crippen LogP contribution in [-0.2, 0) is 4.79 Å². The van der Waals surface area contributed by atoms with Crippen molar-refractivity contribution in [1.29, 1.82) is 0 Å². The van der Waals surface area contributed by atoms with Crippen molar-refractivity contribution >= 4 is 5.91 Å². The molecule has 0 aromatic rings. The second-order valence-electron chi connectivity index (χ2n) is 6.18. The van der Waals surface area contributed by atoms with E-state index in [1.54, 1.807) is 0 Å². The molecule has 0 saturated carbocycles. The van der Waals surface area contributed by atoms with Gasteiger partial charge >= 0.3 is 0 Å². The van der Waals surface area contributed by atoms with E-state index >= 15 is 0 Å². The van der Waals surface area contributed by atoms with Gasteiger partial charge in [-0.1, -0.05) is 13.8 Å². The van der Waals surface area contributed by atoms with Gasteiger partial charge in [0.15, 0.2) is 0 Å². The number of hydrogen-bond donors (Lipinski definition) is 0. The third-order valence-electron chi connectivity index (χ3n) is 4.37. The monoisotopic (exact) mass is 238 g/mol. The van der Waals surface area contributed by atoms with E-state index in [0.29, 0.717) is 23.9 Å². The highest BCUT2D eigenvalue weighted by Gasteiger charge is 2.41. The van der Waals surface area contributed by atoms with Crippen molar-refractivity contribution in [2.45, 2.75) is 52.6 Å². The summed E-state index contributed by atoms with van der Waals surface area (Å²) in [6, 6.07) is 1.17. The number of nitrogens with zero attached hydrogens (tertiary/aromatic N) is 2. The average molecular weight is 238 g/mol. The van der Waals surface area contributed by atoms with Crippen LogP contribution in [0, 0.1) is 11.8 Å². The van der Waals surface area contributed by atoms with Crippen molar-refractivity contribution in [2.24, 2.45) is 11.8 Å². The second-order valence-corrected chi connectivity index (χ2v) is 6.18. The van der Waals surface area contributed by atoms with Crippen LogP contribution in [0.15, 0.2) is 0 Å². The Morgan fingerprint density at radius 2 is 1.82 bits per heavy atom. The van der Waals surface area contributed by atoms with Gasteiger partial charge < -0.3 is 9.80 Å². The van der Waals surface area contributed by atoms with Crippen LogP contribution in [0.25, 0.3) is 0 Å². The normalized spacial score (nSPS) is 30.1. The van der Waals surface area contributed by atoms with Gasteiger partial charge in [-0.05, 0) is 32.6 Å². The molecule has 0 aromatic heterocycles. The molecule has 2 atom stereocenters. The fraction of sp³-hybridized carbons (Fsp3) is 0.929. The predicted octanol–water partition coefficient (Wildman–Crippen LogP) is 1.97. The first-order valence-corrected chi connectivity index (χ1v) is 7.05. The fourth-order valence-electron chi connectivity index (χ4n) is 3.29. The van der Waals surface area contributed by atoms with Crippen LogP contribution in [0.2, 0.25) is 0 Å². The van der Waals surface area contributed by atoms with E-state index in [1.807, 2.05) is 13.8 Å². The maximum atomic E-state index is 12.1. The van der Waals surface area contributed by atoms with Crippen molar-refractivity contribution in [3.8, 4) is 0 Å². The molecule has 2 heterocycles. The molecule has 2 fully saturated rings. The molecule has 0 aliphatic carbocycles. The number of fused-ring (bicyclic) bond motifs is 1. The molecule has 98 valence electrons. The van der Waals surface area contributed by atoms with Gasteiger partial charge in [0.05, 0.1) is 0 Å². The van der Waals surface area contributed by atoms with Gasteiger partial charge in [0.25, 0.3) is 0 Å². The zero-order valence-electron chi connectivity index (χ0n) is 11.6. The summed E-state index contributed by atoms with van der Waals surface area (Å²) in [5.74, 6) is 1.22. The van der Waals surface area contributed by atoms with E-state index in [9.17, 15) is 4.79 Å². The highest BCUT2D eigenvalue weighted by Crippen LogP contribution is 2.32. The summed E-state index contributed by atoms with van der Waals surface area (Å²) in [5, 5.41) is 0. The quantitative estimate of drug-likeness (QED) is 0.734. The van der Waals surface area contributed by atoms with Crippen LogP contribution < -0.4 is 0 Å². The molecular weight excluding hydrogens is 212 g/mol. The van der Waals surface area contributed by atoms with Crippen molar-refractivity contribution < 1.29 is 4.79 Å². The van der Waals surface area contributed by atoms with Crippen LogP contribution in [0.3, 0.4) is 0 Å². The maximum Gasteiger partial charge on any atom is 0.225 e. The molecule has 2 rings (SSSR count). The number of carbonyl (C=O) groups excluding carboxylic acids is 1. The minimum atomic E-state index is 0.150. The number of piperidine rings is 1. The molecule has 3 nitrogen and oxygen atoms in total. The summed E-state index contributed by atoms with van der Waals surface area (Å²) in [6.07, 6.45) is 2.37. The molecule has 2 aliphatic heterocycles. The molecule has 0 N–H and O–H groups in total. The number of rotatable bonds is 2. The van der Waals surface area contributed by atoms with Crippen molar-refractivity contribution in [3.05, 3.63) is 0 Å². The molecule has 17 heavy (non-hydrogen) atoms. The maximum absolute atomic E-state index is 12.1. The molecule has 3 heteroatoms. The third kappa shape index (κ3) is 2.49. The zero-order valence-corrected chi connectivity index (χ0v) is 11.6. The van der Waals surface area contributed by atoms with Crippen LogP contribution in [0.4, 0.5) is 0 Å². The predicted molar refractivity (Wildman–Crippen MR) is 69.8 cm³/mol. The van der Waals surface area contributed by atoms with Crippen LogP contribution in [0.1, 0.15) is 40.5 Å². The fourth-order valence-corrected chi connectivity index (χ4v) is 3.29. The second kappa shape index (κ2) is 4.97. The van der Waals surface area contributed by atoms with E-state index in [2.05, 4.69) is 23.6 Å². The van der Waals surface area contributed by atoms with Crippen LogP contribution >= 0.6 is 0 Å². The van der Waals surface area contributed by atoms with Gasteiger partial charge in [0, 0.05) is 37.6 Å². The van der Waals surface area contributed by atoms with E-state index in [-0.39, 0.29) is 5.92 Å². The standard InChI is InChI=1S/C14H26N2O/c1-10(2)14(17)16-8-5-12-9-15(11(3)4)7-6-13(12)16/h10-13H,5-9H2,1-4H3/t12-,13+/m1/s1. The molecule has 0 aromatic carbocycles. The topological polar surface area (TPSA) is 23.6 Å². The smallest absolute Gasteiger partial charge is 0.225 e. The summed E-state index contributed by atoms with van der Waals surface area (Å²) in [4.78, 5) is 16.8. The largest absolute Gasteiger partial charge is 0.339 e. The van der Waals surface area contributed by atoms with E-state index < -0.39 is 0 Å². The highest BCUT2D eigenvalue weighted by molar-refractivity contribution is 5.78. The van der Waals surface area contributed by atoms with Gasteiger partial charge in [0.1, 0.15) is 0 Å². The number of likely N-dealkylation sites (tertiary alicyclic amines) is 2. The lowest BCUT2D eigenvalue weighted by atomic mass is 9.92. The Labute approximate surface area is 105 Å². The summed E-state index contributed by atoms with van der Waals surface area (Å²) in [6.45, 7) is 11.9. The van der Waals surface area contributed by atoms with Gasteiger partial charge in [-0.2, -0.15) is 0 Å². The lowest BCUT2D eigenvalue weighted by molar-refractivity contribution is -0.136. The van der Waals surface area contributed by atoms with Crippen molar-refractivity contribution in [3.63, 3.8) is 0 Å². The Morgan fingerprint density at radius 3 is 2.41 bits per heavy atom. The molecule has 1 amide bonds. The van der Waals surface area contributed by atoms with Crippen LogP contribution in [0.5, 0.6) is 0 Å². The van der Waals surface area contributed by atoms with Gasteiger partial charge in [0.2, 0.25) is 5.91 Å². The Balaban J connectivity index is 1.99. The van der Waals surface area contributed by atoms with Crippen LogP contribution in [-0.4, -0.2) is 47.4 Å². The number of amides is 1. The average Bonchev–Trinajstić information content (AvgIpc) is 2.70. The first-order valence-electron chi connectivity index (χ1n) is 7.05. The van der Waals surface area contributed by atoms with E-state index in [0.717, 1.165) is 13.1 Å². The molecular formula is C14H26N2O. The molecule has 0 spiro atoms. The summed E-state index contributed by atoms with van der Waals surface area (Å²) in [7, 11) is 0. The summed E-state index contributed by atoms with van der Waals surface area (Å²) < 4.78 is 0. The van der Waals surface area contributed by atoms with Gasteiger partial charge in [-0.3, -0.25) is 4.79 Å².